The maximum absolute atomic E-state index is 12.1. The Kier molecular flexibility index (Phi) is 4.50. The van der Waals surface area contributed by atoms with Gasteiger partial charge in [0, 0.05) is 0 Å². The van der Waals surface area contributed by atoms with Crippen molar-refractivity contribution in [3.05, 3.63) is 23.8 Å². The molecular formula is C13H18N2O4. The summed E-state index contributed by atoms with van der Waals surface area (Å²) in [4.78, 5) is 23.1. The molecule has 0 unspecified atom stereocenters. The molecule has 0 aliphatic rings. The Bertz CT molecular complexity index is 495. The van der Waals surface area contributed by atoms with Crippen LogP contribution in [0.1, 0.15) is 37.0 Å². The van der Waals surface area contributed by atoms with Gasteiger partial charge >= 0.3 is 5.97 Å². The van der Waals surface area contributed by atoms with Crippen LogP contribution in [-0.4, -0.2) is 27.6 Å². The minimum atomic E-state index is -1.23. The number of anilines is 1. The average Bonchev–Trinajstić information content (AvgIpc) is 2.39. The van der Waals surface area contributed by atoms with Gasteiger partial charge in [-0.1, -0.05) is 13.8 Å². The zero-order valence-corrected chi connectivity index (χ0v) is 10.9. The number of rotatable bonds is 5. The third kappa shape index (κ3) is 3.23. The molecule has 104 valence electrons. The zero-order valence-electron chi connectivity index (χ0n) is 10.9. The molecule has 1 aromatic rings. The van der Waals surface area contributed by atoms with E-state index in [9.17, 15) is 14.7 Å². The van der Waals surface area contributed by atoms with Gasteiger partial charge in [-0.05, 0) is 31.0 Å². The summed E-state index contributed by atoms with van der Waals surface area (Å²) in [6.07, 6.45) is 0.881. The van der Waals surface area contributed by atoms with Gasteiger partial charge in [0.25, 0.3) is 0 Å². The number of phenols is 1. The average molecular weight is 266 g/mol. The number of hydrogen-bond acceptors (Lipinski definition) is 4. The van der Waals surface area contributed by atoms with Crippen molar-refractivity contribution < 1.29 is 19.8 Å². The summed E-state index contributed by atoms with van der Waals surface area (Å²) in [7, 11) is 0. The second kappa shape index (κ2) is 5.71. The molecule has 6 nitrogen and oxygen atoms in total. The number of phenolic OH excluding ortho intramolecular Hbond substituents is 1. The first-order valence-corrected chi connectivity index (χ1v) is 6.00. The molecular weight excluding hydrogens is 248 g/mol. The smallest absolute Gasteiger partial charge is 0.337 e. The van der Waals surface area contributed by atoms with Gasteiger partial charge in [0.2, 0.25) is 5.91 Å². The summed E-state index contributed by atoms with van der Waals surface area (Å²) < 4.78 is 0. The number of nitrogens with two attached hydrogens (primary N) is 1. The second-order valence-electron chi connectivity index (χ2n) is 4.35. The SMILES string of the molecule is CCC(N)(CC)C(=O)Nc1ccc(O)cc1C(=O)O. The lowest BCUT2D eigenvalue weighted by Gasteiger charge is -2.25. The van der Waals surface area contributed by atoms with E-state index in [-0.39, 0.29) is 17.0 Å². The third-order valence-electron chi connectivity index (χ3n) is 3.20. The molecule has 0 heterocycles. The van der Waals surface area contributed by atoms with Crippen molar-refractivity contribution in [1.29, 1.82) is 0 Å². The minimum Gasteiger partial charge on any atom is -0.508 e. The largest absolute Gasteiger partial charge is 0.508 e. The molecule has 0 bridgehead atoms. The molecule has 6 heteroatoms. The number of aromatic hydroxyl groups is 1. The van der Waals surface area contributed by atoms with Crippen molar-refractivity contribution in [3.63, 3.8) is 0 Å². The predicted octanol–water partition coefficient (Wildman–Crippen LogP) is 1.55. The van der Waals surface area contributed by atoms with E-state index < -0.39 is 17.4 Å². The number of carboxylic acid groups (broad SMARTS) is 1. The molecule has 0 aromatic heterocycles. The Labute approximate surface area is 111 Å². The summed E-state index contributed by atoms with van der Waals surface area (Å²) in [5, 5.41) is 20.8. The molecule has 0 aliphatic heterocycles. The highest BCUT2D eigenvalue weighted by atomic mass is 16.4. The number of amides is 1. The highest BCUT2D eigenvalue weighted by molar-refractivity contribution is 6.03. The topological polar surface area (TPSA) is 113 Å². The molecule has 0 atom stereocenters. The van der Waals surface area contributed by atoms with E-state index in [1.165, 1.54) is 12.1 Å². The Balaban J connectivity index is 3.06. The molecule has 0 saturated heterocycles. The van der Waals surface area contributed by atoms with Gasteiger partial charge in [0.15, 0.2) is 0 Å². The van der Waals surface area contributed by atoms with Crippen LogP contribution >= 0.6 is 0 Å². The zero-order chi connectivity index (χ0) is 14.6. The summed E-state index contributed by atoms with van der Waals surface area (Å²) in [6.45, 7) is 3.58. The fraction of sp³-hybridized carbons (Fsp3) is 0.385. The molecule has 0 spiro atoms. The third-order valence-corrected chi connectivity index (χ3v) is 3.20. The maximum Gasteiger partial charge on any atom is 0.337 e. The Morgan fingerprint density at radius 1 is 1.32 bits per heavy atom. The van der Waals surface area contributed by atoms with E-state index in [4.69, 9.17) is 10.8 Å². The van der Waals surface area contributed by atoms with Crippen LogP contribution in [-0.2, 0) is 4.79 Å². The van der Waals surface area contributed by atoms with Crippen LogP contribution < -0.4 is 11.1 Å². The van der Waals surface area contributed by atoms with E-state index in [1.807, 2.05) is 0 Å². The second-order valence-corrected chi connectivity index (χ2v) is 4.35. The highest BCUT2D eigenvalue weighted by Crippen LogP contribution is 2.23. The summed E-state index contributed by atoms with van der Waals surface area (Å²) in [5.41, 5.74) is 4.84. The van der Waals surface area contributed by atoms with Crippen LogP contribution in [0.15, 0.2) is 18.2 Å². The highest BCUT2D eigenvalue weighted by Gasteiger charge is 2.30. The van der Waals surface area contributed by atoms with Crippen LogP contribution in [0.3, 0.4) is 0 Å². The first-order valence-electron chi connectivity index (χ1n) is 6.00. The number of carbonyl (C=O) groups excluding carboxylic acids is 1. The fourth-order valence-electron chi connectivity index (χ4n) is 1.64. The summed E-state index contributed by atoms with van der Waals surface area (Å²) >= 11 is 0. The minimum absolute atomic E-state index is 0.118. The first kappa shape index (κ1) is 15.0. The van der Waals surface area contributed by atoms with Gasteiger partial charge in [-0.3, -0.25) is 4.79 Å². The summed E-state index contributed by atoms with van der Waals surface area (Å²) in [5.74, 6) is -1.85. The van der Waals surface area contributed by atoms with Crippen LogP contribution in [0.4, 0.5) is 5.69 Å². The molecule has 0 saturated carbocycles. The summed E-state index contributed by atoms with van der Waals surface area (Å²) in [6, 6.07) is 3.72. The van der Waals surface area contributed by atoms with Crippen LogP contribution in [0.25, 0.3) is 0 Å². The first-order chi connectivity index (χ1) is 8.84. The van der Waals surface area contributed by atoms with Crippen molar-refractivity contribution in [2.45, 2.75) is 32.2 Å². The van der Waals surface area contributed by atoms with Crippen molar-refractivity contribution in [2.24, 2.45) is 5.73 Å². The lowest BCUT2D eigenvalue weighted by Crippen LogP contribution is -2.50. The number of aromatic carboxylic acids is 1. The molecule has 0 aliphatic carbocycles. The number of nitrogens with one attached hydrogen (secondary N) is 1. The monoisotopic (exact) mass is 266 g/mol. The van der Waals surface area contributed by atoms with Crippen molar-refractivity contribution in [1.82, 2.24) is 0 Å². The van der Waals surface area contributed by atoms with E-state index >= 15 is 0 Å². The Hall–Kier alpha value is -2.08. The van der Waals surface area contributed by atoms with Gasteiger partial charge in [-0.25, -0.2) is 4.79 Å². The van der Waals surface area contributed by atoms with Crippen molar-refractivity contribution in [2.75, 3.05) is 5.32 Å². The van der Waals surface area contributed by atoms with Crippen LogP contribution in [0.5, 0.6) is 5.75 Å². The number of carboxylic acids is 1. The van der Waals surface area contributed by atoms with Gasteiger partial charge in [0.1, 0.15) is 5.75 Å². The van der Waals surface area contributed by atoms with Gasteiger partial charge in [0.05, 0.1) is 16.8 Å². The number of carbonyl (C=O) groups is 2. The van der Waals surface area contributed by atoms with Crippen molar-refractivity contribution >= 4 is 17.6 Å². The number of hydrogen-bond donors (Lipinski definition) is 4. The van der Waals surface area contributed by atoms with Gasteiger partial charge in [-0.15, -0.1) is 0 Å². The lowest BCUT2D eigenvalue weighted by molar-refractivity contribution is -0.121. The van der Waals surface area contributed by atoms with Crippen LogP contribution in [0, 0.1) is 0 Å². The normalized spacial score (nSPS) is 11.1. The lowest BCUT2D eigenvalue weighted by atomic mass is 9.93. The van der Waals surface area contributed by atoms with Gasteiger partial charge < -0.3 is 21.3 Å². The standard InChI is InChI=1S/C13H18N2O4/c1-3-13(14,4-2)12(19)15-10-6-5-8(16)7-9(10)11(17)18/h5-7,16H,3-4,14H2,1-2H3,(H,15,19)(H,17,18). The molecule has 1 rings (SSSR count). The molecule has 1 amide bonds. The van der Waals surface area contributed by atoms with Crippen LogP contribution in [0.2, 0.25) is 0 Å². The molecule has 5 N–H and O–H groups in total. The van der Waals surface area contributed by atoms with E-state index in [2.05, 4.69) is 5.32 Å². The van der Waals surface area contributed by atoms with E-state index in [1.54, 1.807) is 13.8 Å². The predicted molar refractivity (Wildman–Crippen MR) is 71.2 cm³/mol. The number of benzene rings is 1. The van der Waals surface area contributed by atoms with E-state index in [0.717, 1.165) is 6.07 Å². The van der Waals surface area contributed by atoms with E-state index in [0.29, 0.717) is 12.8 Å². The molecule has 0 fully saturated rings. The Morgan fingerprint density at radius 2 is 1.89 bits per heavy atom. The molecule has 19 heavy (non-hydrogen) atoms. The van der Waals surface area contributed by atoms with Crippen molar-refractivity contribution in [3.8, 4) is 5.75 Å². The Morgan fingerprint density at radius 3 is 2.37 bits per heavy atom. The maximum atomic E-state index is 12.1. The molecule has 0 radical (unpaired) electrons. The quantitative estimate of drug-likeness (QED) is 0.604. The fourth-order valence-corrected chi connectivity index (χ4v) is 1.64. The van der Waals surface area contributed by atoms with Gasteiger partial charge in [-0.2, -0.15) is 0 Å². The molecule has 1 aromatic carbocycles.